The molecular weight excluding hydrogens is 504 g/mol. The fraction of sp³-hybridized carbons (Fsp3) is 0.811. The Kier molecular flexibility index (Phi) is 9.36. The molecule has 3 aliphatic carbocycles. The zero-order chi connectivity index (χ0) is 30.3. The van der Waals surface area contributed by atoms with Crippen LogP contribution < -0.4 is 15.8 Å². The zero-order valence-corrected chi connectivity index (χ0v) is 28.0. The molecule has 4 unspecified atom stereocenters. The summed E-state index contributed by atoms with van der Waals surface area (Å²) in [5.74, 6) is 3.09. The van der Waals surface area contributed by atoms with E-state index in [-0.39, 0.29) is 22.8 Å². The van der Waals surface area contributed by atoms with Crippen LogP contribution in [-0.4, -0.2) is 25.1 Å². The number of carbonyl (C=O) groups excluding carboxylic acids is 1. The highest BCUT2D eigenvalue weighted by atomic mass is 16.5. The Hall–Kier alpha value is -1.55. The van der Waals surface area contributed by atoms with Gasteiger partial charge in [0.2, 0.25) is 5.91 Å². The van der Waals surface area contributed by atoms with Crippen LogP contribution in [0.2, 0.25) is 0 Å². The van der Waals surface area contributed by atoms with Crippen LogP contribution in [-0.2, 0) is 11.2 Å². The summed E-state index contributed by atoms with van der Waals surface area (Å²) in [5.41, 5.74) is 9.06. The van der Waals surface area contributed by atoms with E-state index in [4.69, 9.17) is 10.5 Å². The van der Waals surface area contributed by atoms with Gasteiger partial charge in [-0.25, -0.2) is 0 Å². The number of hydrogen-bond acceptors (Lipinski definition) is 3. The number of hydrogen-bond donors (Lipinski definition) is 2. The SMILES string of the molecule is CCCC1[C@@](N)(CC)C([C@]2(C)CCC3C(C)(C)CCC[C@]3(C)C2C)CC[C@]1(C)C(=O)NCCc1ccccc1OC. The minimum atomic E-state index is -0.453. The van der Waals surface area contributed by atoms with Crippen molar-refractivity contribution in [1.29, 1.82) is 0 Å². The first-order valence-electron chi connectivity index (χ1n) is 16.9. The molecule has 0 heterocycles. The van der Waals surface area contributed by atoms with Gasteiger partial charge in [0.1, 0.15) is 5.75 Å². The predicted molar refractivity (Wildman–Crippen MR) is 172 cm³/mol. The first kappa shape index (κ1) is 32.4. The third kappa shape index (κ3) is 5.38. The number of carbonyl (C=O) groups is 1. The van der Waals surface area contributed by atoms with Crippen molar-refractivity contribution < 1.29 is 9.53 Å². The Morgan fingerprint density at radius 1 is 0.976 bits per heavy atom. The number of nitrogens with two attached hydrogens (primary N) is 1. The van der Waals surface area contributed by atoms with Crippen LogP contribution in [0.4, 0.5) is 0 Å². The van der Waals surface area contributed by atoms with Gasteiger partial charge in [0, 0.05) is 12.1 Å². The molecule has 41 heavy (non-hydrogen) atoms. The van der Waals surface area contributed by atoms with Gasteiger partial charge >= 0.3 is 0 Å². The van der Waals surface area contributed by atoms with Crippen LogP contribution in [0.25, 0.3) is 0 Å². The standard InChI is InChI=1S/C37H62N2O2/c1-10-15-30-36(8,32(40)39-25-20-27-16-12-13-17-28(27)41-9)24-19-31(37(30,38)11-2)35(7)23-18-29-33(4,5)21-14-22-34(29,6)26(35)3/h12-13,16-17,26,29-31H,10-11,14-15,18-25,38H2,1-9H3,(H,39,40)/t26?,29?,30?,31?,34-,35-,36+,37+/m1/s1. The van der Waals surface area contributed by atoms with Crippen molar-refractivity contribution in [2.24, 2.45) is 51.1 Å². The molecule has 1 aromatic carbocycles. The van der Waals surface area contributed by atoms with Crippen LogP contribution in [0.5, 0.6) is 5.75 Å². The van der Waals surface area contributed by atoms with Crippen molar-refractivity contribution in [2.45, 2.75) is 132 Å². The fourth-order valence-corrected chi connectivity index (χ4v) is 11.0. The Labute approximate surface area is 252 Å². The average molecular weight is 567 g/mol. The summed E-state index contributed by atoms with van der Waals surface area (Å²) in [5, 5.41) is 3.36. The van der Waals surface area contributed by atoms with E-state index in [1.807, 2.05) is 18.2 Å². The predicted octanol–water partition coefficient (Wildman–Crippen LogP) is 8.56. The molecule has 0 saturated heterocycles. The molecule has 1 aromatic rings. The largest absolute Gasteiger partial charge is 0.496 e. The third-order valence-corrected chi connectivity index (χ3v) is 13.6. The van der Waals surface area contributed by atoms with Gasteiger partial charge in [-0.15, -0.1) is 0 Å². The Morgan fingerprint density at radius 3 is 2.29 bits per heavy atom. The molecule has 232 valence electrons. The summed E-state index contributed by atoms with van der Waals surface area (Å²) in [6.45, 7) is 20.3. The third-order valence-electron chi connectivity index (χ3n) is 13.6. The number of ether oxygens (including phenoxy) is 1. The van der Waals surface area contributed by atoms with Crippen LogP contribution in [0, 0.1) is 45.3 Å². The van der Waals surface area contributed by atoms with Crippen molar-refractivity contribution in [1.82, 2.24) is 5.32 Å². The second kappa shape index (κ2) is 11.9. The van der Waals surface area contributed by atoms with Gasteiger partial charge in [-0.2, -0.15) is 0 Å². The van der Waals surface area contributed by atoms with E-state index in [1.165, 1.54) is 32.1 Å². The van der Waals surface area contributed by atoms with Gasteiger partial charge in [0.05, 0.1) is 12.5 Å². The molecule has 0 bridgehead atoms. The number of rotatable bonds is 9. The Bertz CT molecular complexity index is 1070. The molecular formula is C37H62N2O2. The van der Waals surface area contributed by atoms with E-state index >= 15 is 0 Å². The highest BCUT2D eigenvalue weighted by Crippen LogP contribution is 2.69. The number of fused-ring (bicyclic) bond motifs is 1. The minimum Gasteiger partial charge on any atom is -0.496 e. The molecule has 3 fully saturated rings. The van der Waals surface area contributed by atoms with Crippen molar-refractivity contribution in [3.63, 3.8) is 0 Å². The number of para-hydroxylation sites is 1. The summed E-state index contributed by atoms with van der Waals surface area (Å²) in [4.78, 5) is 14.1. The van der Waals surface area contributed by atoms with Crippen molar-refractivity contribution in [2.75, 3.05) is 13.7 Å². The monoisotopic (exact) mass is 566 g/mol. The normalized spacial score (nSPS) is 40.4. The zero-order valence-electron chi connectivity index (χ0n) is 28.0. The second-order valence-electron chi connectivity index (χ2n) is 15.8. The van der Waals surface area contributed by atoms with Gasteiger partial charge in [-0.1, -0.05) is 86.4 Å². The van der Waals surface area contributed by atoms with Crippen molar-refractivity contribution >= 4 is 5.91 Å². The maximum Gasteiger partial charge on any atom is 0.226 e. The summed E-state index contributed by atoms with van der Waals surface area (Å²) in [6, 6.07) is 8.10. The number of benzene rings is 1. The summed E-state index contributed by atoms with van der Waals surface area (Å²) in [6.07, 6.45) is 12.4. The molecule has 0 spiro atoms. The lowest BCUT2D eigenvalue weighted by atomic mass is 9.38. The lowest BCUT2D eigenvalue weighted by Gasteiger charge is -2.67. The van der Waals surface area contributed by atoms with E-state index in [0.717, 1.165) is 55.8 Å². The summed E-state index contributed by atoms with van der Waals surface area (Å²) >= 11 is 0. The highest BCUT2D eigenvalue weighted by molar-refractivity contribution is 5.83. The molecule has 1 amide bonds. The summed E-state index contributed by atoms with van der Waals surface area (Å²) < 4.78 is 5.54. The van der Waals surface area contributed by atoms with Crippen LogP contribution in [0.3, 0.4) is 0 Å². The molecule has 4 heteroatoms. The number of methoxy groups -OCH3 is 1. The first-order chi connectivity index (χ1) is 19.2. The van der Waals surface area contributed by atoms with Crippen molar-refractivity contribution in [3.8, 4) is 5.75 Å². The topological polar surface area (TPSA) is 64.4 Å². The second-order valence-corrected chi connectivity index (χ2v) is 15.8. The molecule has 0 aliphatic heterocycles. The van der Waals surface area contributed by atoms with Gasteiger partial charge in [0.25, 0.3) is 0 Å². The molecule has 3 aliphatic rings. The van der Waals surface area contributed by atoms with Crippen LogP contribution in [0.15, 0.2) is 24.3 Å². The van der Waals surface area contributed by atoms with E-state index in [9.17, 15) is 4.79 Å². The molecule has 0 radical (unpaired) electrons. The molecule has 4 rings (SSSR count). The summed E-state index contributed by atoms with van der Waals surface area (Å²) in [7, 11) is 1.71. The quantitative estimate of drug-likeness (QED) is 0.315. The fourth-order valence-electron chi connectivity index (χ4n) is 11.0. The molecule has 3 saturated carbocycles. The van der Waals surface area contributed by atoms with Crippen LogP contribution >= 0.6 is 0 Å². The Morgan fingerprint density at radius 2 is 1.63 bits per heavy atom. The lowest BCUT2D eigenvalue weighted by Crippen LogP contribution is -2.69. The lowest BCUT2D eigenvalue weighted by molar-refractivity contribution is -0.175. The molecule has 4 nitrogen and oxygen atoms in total. The van der Waals surface area contributed by atoms with Crippen molar-refractivity contribution in [3.05, 3.63) is 29.8 Å². The average Bonchev–Trinajstić information content (AvgIpc) is 2.93. The van der Waals surface area contributed by atoms with Gasteiger partial charge in [0.15, 0.2) is 0 Å². The molecule has 8 atom stereocenters. The Balaban J connectivity index is 1.59. The van der Waals surface area contributed by atoms with Crippen LogP contribution in [0.1, 0.15) is 125 Å². The maximum absolute atomic E-state index is 14.1. The van der Waals surface area contributed by atoms with E-state index in [0.29, 0.717) is 29.2 Å². The molecule has 0 aromatic heterocycles. The van der Waals surface area contributed by atoms with Gasteiger partial charge in [-0.05, 0) is 109 Å². The first-order valence-corrected chi connectivity index (χ1v) is 16.9. The van der Waals surface area contributed by atoms with Gasteiger partial charge in [-0.3, -0.25) is 4.79 Å². The number of amides is 1. The maximum atomic E-state index is 14.1. The molecule has 3 N–H and O–H groups in total. The van der Waals surface area contributed by atoms with Gasteiger partial charge < -0.3 is 15.8 Å². The van der Waals surface area contributed by atoms with E-state index in [2.05, 4.69) is 66.8 Å². The highest BCUT2D eigenvalue weighted by Gasteiger charge is 2.64. The van der Waals surface area contributed by atoms with E-state index < -0.39 is 5.41 Å². The number of nitrogens with one attached hydrogen (secondary N) is 1. The smallest absolute Gasteiger partial charge is 0.226 e. The van der Waals surface area contributed by atoms with E-state index in [1.54, 1.807) is 7.11 Å². The minimum absolute atomic E-state index is 0.173.